The molecule has 0 aliphatic rings. The van der Waals surface area contributed by atoms with Gasteiger partial charge in [0.25, 0.3) is 0 Å². The molecule has 0 saturated heterocycles. The quantitative estimate of drug-likeness (QED) is 0.572. The number of hydrogen-bond donors (Lipinski definition) is 3. The van der Waals surface area contributed by atoms with Crippen LogP contribution in [0.3, 0.4) is 0 Å². The molecule has 0 heterocycles. The number of benzene rings is 1. The molecule has 7 nitrogen and oxygen atoms in total. The number of carbonyl (C=O) groups excluding carboxylic acids is 1. The largest absolute Gasteiger partial charge is 0.478 e. The highest BCUT2D eigenvalue weighted by molar-refractivity contribution is 5.87. The van der Waals surface area contributed by atoms with E-state index in [4.69, 9.17) is 14.6 Å². The molecule has 3 N–H and O–H groups in total. The minimum atomic E-state index is -0.972. The van der Waals surface area contributed by atoms with Gasteiger partial charge in [0.2, 0.25) is 0 Å². The second-order valence-corrected chi connectivity index (χ2v) is 4.74. The molecule has 0 saturated carbocycles. The van der Waals surface area contributed by atoms with Crippen LogP contribution >= 0.6 is 0 Å². The molecule has 0 unspecified atom stereocenters. The number of amides is 2. The van der Waals surface area contributed by atoms with E-state index in [2.05, 4.69) is 10.6 Å². The lowest BCUT2D eigenvalue weighted by atomic mass is 10.1. The Hall–Kier alpha value is -2.12. The zero-order chi connectivity index (χ0) is 17.1. The monoisotopic (exact) mass is 324 g/mol. The lowest BCUT2D eigenvalue weighted by Crippen LogP contribution is -2.37. The summed E-state index contributed by atoms with van der Waals surface area (Å²) in [6.45, 7) is 5.66. The van der Waals surface area contributed by atoms with Crippen molar-refractivity contribution in [2.75, 3.05) is 19.8 Å². The molecule has 1 rings (SSSR count). The number of carboxylic acids is 1. The van der Waals surface area contributed by atoms with E-state index < -0.39 is 5.97 Å². The van der Waals surface area contributed by atoms with Crippen LogP contribution in [0.25, 0.3) is 0 Å². The predicted octanol–water partition coefficient (Wildman–Crippen LogP) is 1.97. The maximum atomic E-state index is 11.7. The van der Waals surface area contributed by atoms with Crippen molar-refractivity contribution in [3.8, 4) is 0 Å². The van der Waals surface area contributed by atoms with Crippen molar-refractivity contribution >= 4 is 12.0 Å². The summed E-state index contributed by atoms with van der Waals surface area (Å²) in [5.74, 6) is -0.972. The van der Waals surface area contributed by atoms with Gasteiger partial charge in [-0.05, 0) is 31.5 Å². The van der Waals surface area contributed by atoms with Gasteiger partial charge in [0, 0.05) is 32.7 Å². The van der Waals surface area contributed by atoms with E-state index in [9.17, 15) is 9.59 Å². The summed E-state index contributed by atoms with van der Waals surface area (Å²) in [6, 6.07) is 6.06. The molecule has 1 aromatic rings. The Balaban J connectivity index is 2.27. The third-order valence-corrected chi connectivity index (χ3v) is 3.02. The highest BCUT2D eigenvalue weighted by atomic mass is 16.7. The average molecular weight is 324 g/mol. The lowest BCUT2D eigenvalue weighted by Gasteiger charge is -2.17. The molecule has 0 spiro atoms. The van der Waals surface area contributed by atoms with Gasteiger partial charge in [0.15, 0.2) is 6.29 Å². The maximum absolute atomic E-state index is 11.7. The number of rotatable bonds is 10. The van der Waals surface area contributed by atoms with E-state index >= 15 is 0 Å². The van der Waals surface area contributed by atoms with Crippen LogP contribution in [0.4, 0.5) is 4.79 Å². The molecule has 1 aromatic carbocycles. The van der Waals surface area contributed by atoms with E-state index in [0.717, 1.165) is 5.56 Å². The molecule has 0 aromatic heterocycles. The Bertz CT molecular complexity index is 484. The number of aromatic carboxylic acids is 1. The second kappa shape index (κ2) is 10.6. The Morgan fingerprint density at radius 3 is 2.22 bits per heavy atom. The Morgan fingerprint density at radius 1 is 1.09 bits per heavy atom. The van der Waals surface area contributed by atoms with Crippen LogP contribution in [0, 0.1) is 0 Å². The third-order valence-electron chi connectivity index (χ3n) is 3.02. The van der Waals surface area contributed by atoms with Crippen molar-refractivity contribution in [1.29, 1.82) is 0 Å². The molecule has 0 radical (unpaired) electrons. The molecule has 7 heteroatoms. The van der Waals surface area contributed by atoms with Crippen LogP contribution in [0.5, 0.6) is 0 Å². The number of hydrogen-bond acceptors (Lipinski definition) is 4. The van der Waals surface area contributed by atoms with E-state index in [1.807, 2.05) is 13.8 Å². The molecule has 23 heavy (non-hydrogen) atoms. The Kier molecular flexibility index (Phi) is 8.71. The van der Waals surface area contributed by atoms with Crippen molar-refractivity contribution < 1.29 is 24.2 Å². The summed E-state index contributed by atoms with van der Waals surface area (Å²) in [5.41, 5.74) is 1.04. The molecule has 0 bridgehead atoms. The van der Waals surface area contributed by atoms with E-state index in [-0.39, 0.29) is 17.9 Å². The van der Waals surface area contributed by atoms with E-state index in [1.54, 1.807) is 12.1 Å². The van der Waals surface area contributed by atoms with Crippen LogP contribution in [-0.4, -0.2) is 43.2 Å². The third kappa shape index (κ3) is 7.62. The number of carboxylic acid groups (broad SMARTS) is 1. The van der Waals surface area contributed by atoms with Crippen LogP contribution < -0.4 is 10.6 Å². The van der Waals surface area contributed by atoms with Crippen molar-refractivity contribution in [1.82, 2.24) is 10.6 Å². The first kappa shape index (κ1) is 18.9. The summed E-state index contributed by atoms with van der Waals surface area (Å²) in [7, 11) is 0. The first-order chi connectivity index (χ1) is 11.1. The molecular formula is C16H24N2O5. The van der Waals surface area contributed by atoms with Gasteiger partial charge in [-0.3, -0.25) is 0 Å². The fourth-order valence-electron chi connectivity index (χ4n) is 1.90. The Labute approximate surface area is 136 Å². The molecule has 0 aliphatic carbocycles. The van der Waals surface area contributed by atoms with Crippen LogP contribution in [0.15, 0.2) is 24.3 Å². The highest BCUT2D eigenvalue weighted by Gasteiger charge is 2.08. The topological polar surface area (TPSA) is 96.9 Å². The van der Waals surface area contributed by atoms with E-state index in [0.29, 0.717) is 32.7 Å². The first-order valence-corrected chi connectivity index (χ1v) is 7.64. The highest BCUT2D eigenvalue weighted by Crippen LogP contribution is 2.04. The zero-order valence-electron chi connectivity index (χ0n) is 13.5. The first-order valence-electron chi connectivity index (χ1n) is 7.64. The number of urea groups is 1. The molecule has 0 fully saturated rings. The van der Waals surface area contributed by atoms with Gasteiger partial charge in [-0.2, -0.15) is 0 Å². The van der Waals surface area contributed by atoms with Crippen molar-refractivity contribution in [2.24, 2.45) is 0 Å². The van der Waals surface area contributed by atoms with E-state index in [1.165, 1.54) is 12.1 Å². The van der Waals surface area contributed by atoms with Gasteiger partial charge < -0.3 is 25.2 Å². The Morgan fingerprint density at radius 2 is 1.70 bits per heavy atom. The molecular weight excluding hydrogens is 300 g/mol. The van der Waals surface area contributed by atoms with Crippen LogP contribution in [0.2, 0.25) is 0 Å². The number of ether oxygens (including phenoxy) is 2. The van der Waals surface area contributed by atoms with Gasteiger partial charge in [0.05, 0.1) is 5.56 Å². The van der Waals surface area contributed by atoms with Crippen molar-refractivity contribution in [3.05, 3.63) is 35.4 Å². The predicted molar refractivity (Wildman–Crippen MR) is 85.3 cm³/mol. The fourth-order valence-corrected chi connectivity index (χ4v) is 1.90. The summed E-state index contributed by atoms with van der Waals surface area (Å²) >= 11 is 0. The zero-order valence-corrected chi connectivity index (χ0v) is 13.5. The van der Waals surface area contributed by atoms with Gasteiger partial charge in [-0.25, -0.2) is 9.59 Å². The lowest BCUT2D eigenvalue weighted by molar-refractivity contribution is -0.138. The minimum absolute atomic E-state index is 0.219. The average Bonchev–Trinajstić information content (AvgIpc) is 2.53. The minimum Gasteiger partial charge on any atom is -0.478 e. The molecule has 0 aliphatic heterocycles. The van der Waals surface area contributed by atoms with Gasteiger partial charge in [0.1, 0.15) is 0 Å². The van der Waals surface area contributed by atoms with Gasteiger partial charge >= 0.3 is 12.0 Å². The van der Waals surface area contributed by atoms with Crippen molar-refractivity contribution in [3.63, 3.8) is 0 Å². The second-order valence-electron chi connectivity index (χ2n) is 4.74. The molecule has 0 atom stereocenters. The summed E-state index contributed by atoms with van der Waals surface area (Å²) in [5, 5.41) is 14.2. The SMILES string of the molecule is CCOC(CCNC(=O)NCc1ccc(C(=O)O)cc1)OCC. The summed E-state index contributed by atoms with van der Waals surface area (Å²) in [4.78, 5) is 22.4. The number of nitrogens with one attached hydrogen (secondary N) is 2. The summed E-state index contributed by atoms with van der Waals surface area (Å²) < 4.78 is 10.8. The fraction of sp³-hybridized carbons (Fsp3) is 0.500. The maximum Gasteiger partial charge on any atom is 0.335 e. The molecule has 2 amide bonds. The smallest absolute Gasteiger partial charge is 0.335 e. The normalized spacial score (nSPS) is 10.6. The van der Waals surface area contributed by atoms with Gasteiger partial charge in [-0.1, -0.05) is 12.1 Å². The van der Waals surface area contributed by atoms with Crippen LogP contribution in [0.1, 0.15) is 36.2 Å². The van der Waals surface area contributed by atoms with Crippen LogP contribution in [-0.2, 0) is 16.0 Å². The number of carbonyl (C=O) groups is 2. The van der Waals surface area contributed by atoms with Crippen molar-refractivity contribution in [2.45, 2.75) is 33.1 Å². The molecule has 128 valence electrons. The standard InChI is InChI=1S/C16H24N2O5/c1-3-22-14(23-4-2)9-10-17-16(21)18-11-12-5-7-13(8-6-12)15(19)20/h5-8,14H,3-4,9-11H2,1-2H3,(H,19,20)(H2,17,18,21). The van der Waals surface area contributed by atoms with Gasteiger partial charge in [-0.15, -0.1) is 0 Å². The summed E-state index contributed by atoms with van der Waals surface area (Å²) in [6.07, 6.45) is 0.261.